The van der Waals surface area contributed by atoms with Crippen molar-refractivity contribution in [3.8, 4) is 0 Å². The summed E-state index contributed by atoms with van der Waals surface area (Å²) in [5, 5.41) is 0. The third-order valence-electron chi connectivity index (χ3n) is 6.14. The highest BCUT2D eigenvalue weighted by molar-refractivity contribution is 5.87. The maximum absolute atomic E-state index is 12.3. The van der Waals surface area contributed by atoms with Crippen molar-refractivity contribution in [2.45, 2.75) is 32.8 Å². The fraction of sp³-hybridized carbons (Fsp3) is 0.636. The fourth-order valence-corrected chi connectivity index (χ4v) is 4.53. The summed E-state index contributed by atoms with van der Waals surface area (Å²) in [4.78, 5) is 41.4. The summed E-state index contributed by atoms with van der Waals surface area (Å²) in [5.74, 6) is 1.62. The Morgan fingerprint density at radius 2 is 1.77 bits per heavy atom. The number of hydrogen-bond donors (Lipinski definition) is 0. The highest BCUT2D eigenvalue weighted by Gasteiger charge is 2.49. The Hall–Kier alpha value is -2.84. The summed E-state index contributed by atoms with van der Waals surface area (Å²) in [6.45, 7) is 15.2. The molecule has 2 amide bonds. The van der Waals surface area contributed by atoms with Gasteiger partial charge in [0.05, 0.1) is 0 Å². The monoisotopic (exact) mass is 428 g/mol. The van der Waals surface area contributed by atoms with E-state index < -0.39 is 5.60 Å². The average Bonchev–Trinajstić information content (AvgIpc) is 3.17. The predicted molar refractivity (Wildman–Crippen MR) is 118 cm³/mol. The number of rotatable bonds is 3. The second-order valence-corrected chi connectivity index (χ2v) is 9.74. The van der Waals surface area contributed by atoms with Gasteiger partial charge in [0.15, 0.2) is 0 Å². The van der Waals surface area contributed by atoms with Crippen LogP contribution in [0.1, 0.15) is 27.2 Å². The lowest BCUT2D eigenvalue weighted by molar-refractivity contribution is -0.125. The number of carbonyl (C=O) groups is 2. The van der Waals surface area contributed by atoms with Gasteiger partial charge in [-0.2, -0.15) is 4.98 Å². The van der Waals surface area contributed by atoms with E-state index in [1.165, 1.54) is 6.08 Å². The molecule has 9 heteroatoms. The molecule has 0 radical (unpaired) electrons. The van der Waals surface area contributed by atoms with Crippen LogP contribution in [0, 0.1) is 5.41 Å². The van der Waals surface area contributed by atoms with E-state index in [4.69, 9.17) is 9.72 Å². The van der Waals surface area contributed by atoms with Gasteiger partial charge in [0.1, 0.15) is 11.4 Å². The first kappa shape index (κ1) is 21.4. The van der Waals surface area contributed by atoms with E-state index in [-0.39, 0.29) is 17.4 Å². The van der Waals surface area contributed by atoms with Gasteiger partial charge in [-0.3, -0.25) is 4.79 Å². The first-order valence-electron chi connectivity index (χ1n) is 10.9. The van der Waals surface area contributed by atoms with E-state index in [9.17, 15) is 9.59 Å². The van der Waals surface area contributed by atoms with Gasteiger partial charge in [0.25, 0.3) is 0 Å². The first-order valence-corrected chi connectivity index (χ1v) is 10.9. The molecule has 0 N–H and O–H groups in total. The Kier molecular flexibility index (Phi) is 5.53. The first-order chi connectivity index (χ1) is 14.7. The third-order valence-corrected chi connectivity index (χ3v) is 6.14. The highest BCUT2D eigenvalue weighted by atomic mass is 16.6. The van der Waals surface area contributed by atoms with Crippen molar-refractivity contribution < 1.29 is 14.3 Å². The van der Waals surface area contributed by atoms with Crippen LogP contribution in [-0.4, -0.2) is 89.7 Å². The molecule has 168 valence electrons. The summed E-state index contributed by atoms with van der Waals surface area (Å²) in [6.07, 6.45) is 3.94. The van der Waals surface area contributed by atoms with Gasteiger partial charge in [-0.15, -0.1) is 0 Å². The lowest BCUT2D eigenvalue weighted by atomic mass is 9.79. The zero-order valence-corrected chi connectivity index (χ0v) is 18.7. The van der Waals surface area contributed by atoms with Crippen molar-refractivity contribution in [3.63, 3.8) is 0 Å². The summed E-state index contributed by atoms with van der Waals surface area (Å²) < 4.78 is 5.47. The minimum atomic E-state index is -0.486. The van der Waals surface area contributed by atoms with Crippen molar-refractivity contribution >= 4 is 23.8 Å². The quantitative estimate of drug-likeness (QED) is 0.679. The molecule has 3 fully saturated rings. The Bertz CT molecular complexity index is 853. The minimum absolute atomic E-state index is 0.0131. The number of ether oxygens (including phenoxy) is 1. The van der Waals surface area contributed by atoms with Crippen LogP contribution < -0.4 is 9.80 Å². The third kappa shape index (κ3) is 4.60. The van der Waals surface area contributed by atoms with Crippen LogP contribution in [0.4, 0.5) is 16.6 Å². The van der Waals surface area contributed by atoms with Gasteiger partial charge in [-0.05, 0) is 39.3 Å². The normalized spacial score (nSPS) is 20.6. The number of hydrogen-bond acceptors (Lipinski definition) is 7. The average molecular weight is 429 g/mol. The van der Waals surface area contributed by atoms with E-state index in [1.807, 2.05) is 31.7 Å². The summed E-state index contributed by atoms with van der Waals surface area (Å²) in [6, 6.07) is 1.92. The molecule has 9 nitrogen and oxygen atoms in total. The number of nitrogens with zero attached hydrogens (tertiary/aromatic N) is 6. The molecule has 1 aromatic rings. The van der Waals surface area contributed by atoms with Crippen molar-refractivity contribution in [2.24, 2.45) is 5.41 Å². The molecule has 4 heterocycles. The van der Waals surface area contributed by atoms with Gasteiger partial charge in [-0.1, -0.05) is 6.58 Å². The Morgan fingerprint density at radius 1 is 1.06 bits per heavy atom. The summed E-state index contributed by atoms with van der Waals surface area (Å²) in [5.41, 5.74) is -0.337. The van der Waals surface area contributed by atoms with Crippen LogP contribution in [0.2, 0.25) is 0 Å². The zero-order valence-electron chi connectivity index (χ0n) is 18.7. The van der Waals surface area contributed by atoms with Gasteiger partial charge in [-0.25, -0.2) is 9.78 Å². The molecule has 0 aromatic carbocycles. The summed E-state index contributed by atoms with van der Waals surface area (Å²) >= 11 is 0. The minimum Gasteiger partial charge on any atom is -0.444 e. The lowest BCUT2D eigenvalue weighted by Gasteiger charge is -2.48. The Morgan fingerprint density at radius 3 is 2.42 bits per heavy atom. The number of carbonyl (C=O) groups excluding carboxylic acids is 2. The molecule has 0 saturated carbocycles. The van der Waals surface area contributed by atoms with E-state index in [0.29, 0.717) is 26.2 Å². The van der Waals surface area contributed by atoms with Crippen LogP contribution in [0.3, 0.4) is 0 Å². The molecule has 4 rings (SSSR count). The van der Waals surface area contributed by atoms with E-state index in [2.05, 4.69) is 21.4 Å². The smallest absolute Gasteiger partial charge is 0.410 e. The Labute approximate surface area is 183 Å². The van der Waals surface area contributed by atoms with Crippen LogP contribution in [-0.2, 0) is 9.53 Å². The van der Waals surface area contributed by atoms with Crippen molar-refractivity contribution in [2.75, 3.05) is 62.2 Å². The maximum Gasteiger partial charge on any atom is 0.410 e. The second kappa shape index (κ2) is 8.01. The van der Waals surface area contributed by atoms with Crippen LogP contribution in [0.15, 0.2) is 24.9 Å². The highest BCUT2D eigenvalue weighted by Crippen LogP contribution is 2.41. The van der Waals surface area contributed by atoms with Crippen molar-refractivity contribution in [1.29, 1.82) is 0 Å². The molecule has 31 heavy (non-hydrogen) atoms. The van der Waals surface area contributed by atoms with E-state index >= 15 is 0 Å². The molecule has 1 spiro atoms. The number of amides is 2. The lowest BCUT2D eigenvalue weighted by Crippen LogP contribution is -2.58. The topological polar surface area (TPSA) is 82.1 Å². The molecular formula is C22H32N6O3. The molecule has 0 bridgehead atoms. The number of piperazine rings is 1. The van der Waals surface area contributed by atoms with E-state index in [0.717, 1.165) is 44.4 Å². The van der Waals surface area contributed by atoms with Gasteiger partial charge >= 0.3 is 6.09 Å². The van der Waals surface area contributed by atoms with Crippen LogP contribution >= 0.6 is 0 Å². The van der Waals surface area contributed by atoms with Gasteiger partial charge in [0, 0.05) is 64.0 Å². The molecule has 0 aliphatic carbocycles. The second-order valence-electron chi connectivity index (χ2n) is 9.74. The zero-order chi connectivity index (χ0) is 22.2. The SMILES string of the molecule is C=CC(=O)N1CCC2(C1)CN(c1nccc(N3CCN(C(=O)OC(C)(C)C)CC3)n1)C2. The molecule has 3 aliphatic rings. The van der Waals surface area contributed by atoms with E-state index in [1.54, 1.807) is 11.1 Å². The molecule has 1 aromatic heterocycles. The molecule has 3 aliphatic heterocycles. The number of anilines is 2. The summed E-state index contributed by atoms with van der Waals surface area (Å²) in [7, 11) is 0. The van der Waals surface area contributed by atoms with Crippen LogP contribution in [0.5, 0.6) is 0 Å². The Balaban J connectivity index is 1.32. The largest absolute Gasteiger partial charge is 0.444 e. The van der Waals surface area contributed by atoms with Gasteiger partial charge < -0.3 is 24.3 Å². The molecular weight excluding hydrogens is 396 g/mol. The van der Waals surface area contributed by atoms with Crippen molar-refractivity contribution in [1.82, 2.24) is 19.8 Å². The molecule has 0 atom stereocenters. The molecule has 3 saturated heterocycles. The number of likely N-dealkylation sites (tertiary alicyclic amines) is 1. The predicted octanol–water partition coefficient (Wildman–Crippen LogP) is 1.76. The maximum atomic E-state index is 12.3. The standard InChI is InChI=1S/C22H32N6O3/c1-5-18(29)27-9-7-22(14-27)15-28(16-22)19-23-8-6-17(24-19)25-10-12-26(13-11-25)20(30)31-21(2,3)4/h5-6,8H,1,7,9-16H2,2-4H3. The molecule has 0 unspecified atom stereocenters. The number of aromatic nitrogens is 2. The fourth-order valence-electron chi connectivity index (χ4n) is 4.53. The van der Waals surface area contributed by atoms with Crippen molar-refractivity contribution in [3.05, 3.63) is 24.9 Å². The van der Waals surface area contributed by atoms with Gasteiger partial charge in [0.2, 0.25) is 11.9 Å². The van der Waals surface area contributed by atoms with Crippen LogP contribution in [0.25, 0.3) is 0 Å².